The van der Waals surface area contributed by atoms with Gasteiger partial charge >= 0.3 is 0 Å². The average molecular weight is 190 g/mol. The van der Waals surface area contributed by atoms with Gasteiger partial charge in [-0.1, -0.05) is 5.21 Å². The molecule has 0 atom stereocenters. The minimum Gasteiger partial charge on any atom is -0.382 e. The molecule has 0 spiro atoms. The van der Waals surface area contributed by atoms with Gasteiger partial charge in [0, 0.05) is 18.9 Å². The van der Waals surface area contributed by atoms with Crippen LogP contribution in [0.4, 0.5) is 5.82 Å². The number of nitrogens with two attached hydrogens (primary N) is 1. The van der Waals surface area contributed by atoms with Gasteiger partial charge in [-0.05, 0) is 6.92 Å². The van der Waals surface area contributed by atoms with Crippen molar-refractivity contribution in [2.24, 2.45) is 0 Å². The van der Waals surface area contributed by atoms with Crippen molar-refractivity contribution in [3.8, 4) is 11.4 Å². The van der Waals surface area contributed by atoms with Crippen LogP contribution in [0.5, 0.6) is 0 Å². The molecule has 0 aliphatic carbocycles. The standard InChI is InChI=1S/C8H10N6/c1-2-14-5-6(12-13-14)7-8(9)11-4-3-10-7/h3-5H,2H2,1H3,(H2,9,11). The van der Waals surface area contributed by atoms with Gasteiger partial charge in [-0.15, -0.1) is 5.10 Å². The van der Waals surface area contributed by atoms with Crippen LogP contribution >= 0.6 is 0 Å². The molecule has 2 N–H and O–H groups in total. The van der Waals surface area contributed by atoms with Crippen molar-refractivity contribution in [2.75, 3.05) is 5.73 Å². The highest BCUT2D eigenvalue weighted by atomic mass is 15.4. The molecule has 2 heterocycles. The van der Waals surface area contributed by atoms with Crippen LogP contribution in [0.25, 0.3) is 11.4 Å². The van der Waals surface area contributed by atoms with Crippen molar-refractivity contribution in [1.82, 2.24) is 25.0 Å². The second-order valence-electron chi connectivity index (χ2n) is 2.75. The van der Waals surface area contributed by atoms with Crippen LogP contribution in [0.3, 0.4) is 0 Å². The van der Waals surface area contributed by atoms with E-state index < -0.39 is 0 Å². The quantitative estimate of drug-likeness (QED) is 0.738. The van der Waals surface area contributed by atoms with E-state index in [-0.39, 0.29) is 0 Å². The Morgan fingerprint density at radius 1 is 1.36 bits per heavy atom. The smallest absolute Gasteiger partial charge is 0.151 e. The van der Waals surface area contributed by atoms with Crippen LogP contribution < -0.4 is 5.73 Å². The fraction of sp³-hybridized carbons (Fsp3) is 0.250. The van der Waals surface area contributed by atoms with Crippen LogP contribution in [0.2, 0.25) is 0 Å². The molecule has 14 heavy (non-hydrogen) atoms. The molecule has 0 aromatic carbocycles. The fourth-order valence-corrected chi connectivity index (χ4v) is 1.11. The number of aryl methyl sites for hydroxylation is 1. The topological polar surface area (TPSA) is 82.5 Å². The zero-order chi connectivity index (χ0) is 9.97. The van der Waals surface area contributed by atoms with Crippen molar-refractivity contribution in [3.05, 3.63) is 18.6 Å². The van der Waals surface area contributed by atoms with Gasteiger partial charge in [0.25, 0.3) is 0 Å². The predicted octanol–water partition coefficient (Wildman–Crippen LogP) is 0.337. The number of hydrogen-bond acceptors (Lipinski definition) is 5. The molecule has 2 aromatic rings. The van der Waals surface area contributed by atoms with Gasteiger partial charge in [0.1, 0.15) is 11.4 Å². The lowest BCUT2D eigenvalue weighted by Crippen LogP contribution is -1.96. The molecule has 0 radical (unpaired) electrons. The first kappa shape index (κ1) is 8.61. The molecule has 2 rings (SSSR count). The van der Waals surface area contributed by atoms with Crippen LogP contribution in [0, 0.1) is 0 Å². The summed E-state index contributed by atoms with van der Waals surface area (Å²) in [6, 6.07) is 0. The van der Waals surface area contributed by atoms with E-state index in [9.17, 15) is 0 Å². The normalized spacial score (nSPS) is 10.4. The molecule has 6 heteroatoms. The molecule has 0 amide bonds. The van der Waals surface area contributed by atoms with E-state index in [1.807, 2.05) is 6.92 Å². The van der Waals surface area contributed by atoms with E-state index in [2.05, 4.69) is 20.3 Å². The Balaban J connectivity index is 2.44. The van der Waals surface area contributed by atoms with Gasteiger partial charge in [0.15, 0.2) is 5.82 Å². The maximum atomic E-state index is 5.65. The van der Waals surface area contributed by atoms with Gasteiger partial charge in [-0.2, -0.15) is 0 Å². The van der Waals surface area contributed by atoms with Crippen molar-refractivity contribution < 1.29 is 0 Å². The summed E-state index contributed by atoms with van der Waals surface area (Å²) in [6.45, 7) is 2.76. The number of anilines is 1. The second-order valence-corrected chi connectivity index (χ2v) is 2.75. The van der Waals surface area contributed by atoms with E-state index in [0.29, 0.717) is 17.2 Å². The number of rotatable bonds is 2. The highest BCUT2D eigenvalue weighted by Crippen LogP contribution is 2.17. The molecule has 72 valence electrons. The third-order valence-electron chi connectivity index (χ3n) is 1.83. The Labute approximate surface area is 80.8 Å². The van der Waals surface area contributed by atoms with Crippen LogP contribution in [0.1, 0.15) is 6.92 Å². The van der Waals surface area contributed by atoms with Crippen LogP contribution in [-0.4, -0.2) is 25.0 Å². The Morgan fingerprint density at radius 3 is 2.79 bits per heavy atom. The fourth-order valence-electron chi connectivity index (χ4n) is 1.11. The molecule has 0 bridgehead atoms. The zero-order valence-electron chi connectivity index (χ0n) is 7.75. The predicted molar refractivity (Wildman–Crippen MR) is 51.1 cm³/mol. The van der Waals surface area contributed by atoms with Crippen LogP contribution in [0.15, 0.2) is 18.6 Å². The van der Waals surface area contributed by atoms with Gasteiger partial charge in [-0.25, -0.2) is 9.97 Å². The second kappa shape index (κ2) is 3.41. The molecule has 0 unspecified atom stereocenters. The van der Waals surface area contributed by atoms with Crippen molar-refractivity contribution in [2.45, 2.75) is 13.5 Å². The van der Waals surface area contributed by atoms with Crippen molar-refractivity contribution in [1.29, 1.82) is 0 Å². The highest BCUT2D eigenvalue weighted by Gasteiger charge is 2.08. The SMILES string of the molecule is CCn1cc(-c2nccnc2N)nn1. The summed E-state index contributed by atoms with van der Waals surface area (Å²) in [6.07, 6.45) is 4.92. The molecule has 6 nitrogen and oxygen atoms in total. The first-order valence-corrected chi connectivity index (χ1v) is 4.28. The number of aromatic nitrogens is 5. The molecule has 0 saturated heterocycles. The first-order chi connectivity index (χ1) is 6.81. The lowest BCUT2D eigenvalue weighted by atomic mass is 10.3. The molecule has 0 aliphatic heterocycles. The Morgan fingerprint density at radius 2 is 2.14 bits per heavy atom. The third kappa shape index (κ3) is 1.41. The maximum absolute atomic E-state index is 5.65. The van der Waals surface area contributed by atoms with Gasteiger partial charge in [0.2, 0.25) is 0 Å². The number of hydrogen-bond donors (Lipinski definition) is 1. The Kier molecular flexibility index (Phi) is 2.10. The molecule has 2 aromatic heterocycles. The number of nitrogens with zero attached hydrogens (tertiary/aromatic N) is 5. The molecule has 0 fully saturated rings. The minimum absolute atomic E-state index is 0.371. The highest BCUT2D eigenvalue weighted by molar-refractivity contribution is 5.64. The Hall–Kier alpha value is -1.98. The average Bonchev–Trinajstić information content (AvgIpc) is 2.67. The van der Waals surface area contributed by atoms with E-state index in [1.54, 1.807) is 23.3 Å². The lowest BCUT2D eigenvalue weighted by molar-refractivity contribution is 0.627. The minimum atomic E-state index is 0.371. The Bertz CT molecular complexity index is 435. The molecule has 0 saturated carbocycles. The monoisotopic (exact) mass is 190 g/mol. The summed E-state index contributed by atoms with van der Waals surface area (Å²) in [7, 11) is 0. The van der Waals surface area contributed by atoms with Crippen molar-refractivity contribution in [3.63, 3.8) is 0 Å². The van der Waals surface area contributed by atoms with Gasteiger partial charge < -0.3 is 5.73 Å². The molecular formula is C8H10N6. The van der Waals surface area contributed by atoms with E-state index >= 15 is 0 Å². The number of nitrogen functional groups attached to an aromatic ring is 1. The summed E-state index contributed by atoms with van der Waals surface area (Å²) < 4.78 is 1.71. The summed E-state index contributed by atoms with van der Waals surface area (Å²) in [5.41, 5.74) is 6.88. The summed E-state index contributed by atoms with van der Waals surface area (Å²) >= 11 is 0. The molecular weight excluding hydrogens is 180 g/mol. The first-order valence-electron chi connectivity index (χ1n) is 4.28. The summed E-state index contributed by atoms with van der Waals surface area (Å²) in [4.78, 5) is 8.02. The molecule has 0 aliphatic rings. The van der Waals surface area contributed by atoms with Crippen LogP contribution in [-0.2, 0) is 6.54 Å². The largest absolute Gasteiger partial charge is 0.382 e. The summed E-state index contributed by atoms with van der Waals surface area (Å²) in [5.74, 6) is 0.371. The zero-order valence-corrected chi connectivity index (χ0v) is 7.75. The maximum Gasteiger partial charge on any atom is 0.151 e. The van der Waals surface area contributed by atoms with E-state index in [1.165, 1.54) is 0 Å². The van der Waals surface area contributed by atoms with Gasteiger partial charge in [0.05, 0.1) is 6.20 Å². The lowest BCUT2D eigenvalue weighted by Gasteiger charge is -1.96. The third-order valence-corrected chi connectivity index (χ3v) is 1.83. The summed E-state index contributed by atoms with van der Waals surface area (Å²) in [5, 5.41) is 7.84. The van der Waals surface area contributed by atoms with Crippen molar-refractivity contribution >= 4 is 5.82 Å². The van der Waals surface area contributed by atoms with E-state index in [0.717, 1.165) is 6.54 Å². The van der Waals surface area contributed by atoms with Gasteiger partial charge in [-0.3, -0.25) is 4.68 Å². The van der Waals surface area contributed by atoms with E-state index in [4.69, 9.17) is 5.73 Å².